The van der Waals surface area contributed by atoms with Crippen molar-refractivity contribution in [3.8, 4) is 5.75 Å². The van der Waals surface area contributed by atoms with Crippen LogP contribution in [0.15, 0.2) is 46.9 Å². The molecule has 0 bridgehead atoms. The highest BCUT2D eigenvalue weighted by atomic mass is 79.9. The number of nitrogens with one attached hydrogen (secondary N) is 1. The molecule has 4 heteroatoms. The molecule has 0 saturated heterocycles. The van der Waals surface area contributed by atoms with Gasteiger partial charge in [-0.3, -0.25) is 0 Å². The summed E-state index contributed by atoms with van der Waals surface area (Å²) in [5.41, 5.74) is 2.31. The first-order valence-electron chi connectivity index (χ1n) is 5.58. The largest absolute Gasteiger partial charge is 0.508 e. The maximum atomic E-state index is 9.18. The van der Waals surface area contributed by atoms with Crippen LogP contribution in [0.1, 0.15) is 11.1 Å². The molecule has 18 heavy (non-hydrogen) atoms. The van der Waals surface area contributed by atoms with E-state index in [1.165, 1.54) is 5.56 Å². The van der Waals surface area contributed by atoms with E-state index in [4.69, 9.17) is 11.6 Å². The average molecular weight is 327 g/mol. The number of hydrogen-bond acceptors (Lipinski definition) is 2. The third-order valence-corrected chi connectivity index (χ3v) is 3.79. The van der Waals surface area contributed by atoms with Crippen molar-refractivity contribution in [1.82, 2.24) is 5.32 Å². The van der Waals surface area contributed by atoms with E-state index in [1.807, 2.05) is 30.3 Å². The van der Waals surface area contributed by atoms with Gasteiger partial charge in [0.05, 0.1) is 5.02 Å². The van der Waals surface area contributed by atoms with E-state index in [9.17, 15) is 5.11 Å². The van der Waals surface area contributed by atoms with Crippen molar-refractivity contribution in [3.05, 3.63) is 63.1 Å². The average Bonchev–Trinajstić information content (AvgIpc) is 2.36. The van der Waals surface area contributed by atoms with Gasteiger partial charge in [-0.2, -0.15) is 0 Å². The monoisotopic (exact) mass is 325 g/mol. The number of benzene rings is 2. The summed E-state index contributed by atoms with van der Waals surface area (Å²) in [5, 5.41) is 13.2. The van der Waals surface area contributed by atoms with Crippen LogP contribution in [0.3, 0.4) is 0 Å². The molecule has 0 aliphatic rings. The number of phenolic OH excluding ortho intramolecular Hbond substituents is 1. The van der Waals surface area contributed by atoms with Crippen molar-refractivity contribution >= 4 is 27.5 Å². The SMILES string of the molecule is Oc1ccc(CNCc2ccc(Cl)c(Br)c2)cc1. The van der Waals surface area contributed by atoms with Crippen LogP contribution in [0.5, 0.6) is 5.75 Å². The van der Waals surface area contributed by atoms with Gasteiger partial charge >= 0.3 is 0 Å². The maximum absolute atomic E-state index is 9.18. The lowest BCUT2D eigenvalue weighted by Gasteiger charge is -2.06. The fourth-order valence-corrected chi connectivity index (χ4v) is 2.16. The van der Waals surface area contributed by atoms with Crippen molar-refractivity contribution in [2.24, 2.45) is 0 Å². The highest BCUT2D eigenvalue weighted by Crippen LogP contribution is 2.23. The summed E-state index contributed by atoms with van der Waals surface area (Å²) < 4.78 is 0.910. The Hall–Kier alpha value is -1.03. The molecule has 0 heterocycles. The van der Waals surface area contributed by atoms with Gasteiger partial charge in [-0.15, -0.1) is 0 Å². The lowest BCUT2D eigenvalue weighted by atomic mass is 10.2. The molecule has 0 radical (unpaired) electrons. The third-order valence-electron chi connectivity index (χ3n) is 2.58. The highest BCUT2D eigenvalue weighted by molar-refractivity contribution is 9.10. The number of phenols is 1. The van der Waals surface area contributed by atoms with E-state index in [1.54, 1.807) is 12.1 Å². The van der Waals surface area contributed by atoms with Gasteiger partial charge in [-0.1, -0.05) is 29.8 Å². The summed E-state index contributed by atoms with van der Waals surface area (Å²) in [4.78, 5) is 0. The van der Waals surface area contributed by atoms with Gasteiger partial charge in [0, 0.05) is 17.6 Å². The van der Waals surface area contributed by atoms with E-state index in [2.05, 4.69) is 21.2 Å². The zero-order chi connectivity index (χ0) is 13.0. The van der Waals surface area contributed by atoms with Crippen molar-refractivity contribution in [3.63, 3.8) is 0 Å². The first kappa shape index (κ1) is 13.4. The Labute approximate surface area is 120 Å². The first-order chi connectivity index (χ1) is 8.65. The second-order valence-corrected chi connectivity index (χ2v) is 5.28. The predicted molar refractivity (Wildman–Crippen MR) is 77.8 cm³/mol. The quantitative estimate of drug-likeness (QED) is 0.886. The molecule has 0 saturated carbocycles. The fraction of sp³-hybridized carbons (Fsp3) is 0.143. The van der Waals surface area contributed by atoms with Crippen molar-refractivity contribution < 1.29 is 5.11 Å². The minimum atomic E-state index is 0.292. The minimum absolute atomic E-state index is 0.292. The third kappa shape index (κ3) is 3.73. The van der Waals surface area contributed by atoms with Crippen LogP contribution in [0.2, 0.25) is 5.02 Å². The Balaban J connectivity index is 1.88. The van der Waals surface area contributed by atoms with Crippen LogP contribution in [-0.4, -0.2) is 5.11 Å². The molecule has 0 amide bonds. The summed E-state index contributed by atoms with van der Waals surface area (Å²) in [6.45, 7) is 1.54. The van der Waals surface area contributed by atoms with Crippen molar-refractivity contribution in [2.75, 3.05) is 0 Å². The lowest BCUT2D eigenvalue weighted by molar-refractivity contribution is 0.475. The van der Waals surface area contributed by atoms with Crippen LogP contribution in [-0.2, 0) is 13.1 Å². The Bertz CT molecular complexity index is 528. The Morgan fingerprint density at radius 3 is 2.28 bits per heavy atom. The molecule has 2 aromatic rings. The molecule has 2 N–H and O–H groups in total. The van der Waals surface area contributed by atoms with Crippen LogP contribution in [0.4, 0.5) is 0 Å². The minimum Gasteiger partial charge on any atom is -0.508 e. The molecular formula is C14H13BrClNO. The van der Waals surface area contributed by atoms with Crippen LogP contribution in [0, 0.1) is 0 Å². The van der Waals surface area contributed by atoms with Crippen LogP contribution in [0.25, 0.3) is 0 Å². The Kier molecular flexibility index (Phi) is 4.64. The number of rotatable bonds is 4. The molecule has 2 nitrogen and oxygen atoms in total. The van der Waals surface area contributed by atoms with E-state index in [0.717, 1.165) is 28.1 Å². The van der Waals surface area contributed by atoms with Crippen LogP contribution < -0.4 is 5.32 Å². The molecular weight excluding hydrogens is 314 g/mol. The molecule has 0 aromatic heterocycles. The number of halogens is 2. The highest BCUT2D eigenvalue weighted by Gasteiger charge is 1.99. The Morgan fingerprint density at radius 1 is 1.00 bits per heavy atom. The molecule has 0 aliphatic heterocycles. The zero-order valence-corrected chi connectivity index (χ0v) is 12.0. The predicted octanol–water partition coefficient (Wildman–Crippen LogP) is 4.10. The standard InChI is InChI=1S/C14H13BrClNO/c15-13-7-11(3-6-14(13)16)9-17-8-10-1-4-12(18)5-2-10/h1-7,17-18H,8-9H2. The number of hydrogen-bond donors (Lipinski definition) is 2. The van der Waals surface area contributed by atoms with E-state index in [0.29, 0.717) is 5.75 Å². The summed E-state index contributed by atoms with van der Waals surface area (Å²) >= 11 is 9.34. The molecule has 2 rings (SSSR count). The van der Waals surface area contributed by atoms with Gasteiger partial charge < -0.3 is 10.4 Å². The molecule has 0 fully saturated rings. The normalized spacial score (nSPS) is 10.6. The van der Waals surface area contributed by atoms with Gasteiger partial charge in [0.25, 0.3) is 0 Å². The smallest absolute Gasteiger partial charge is 0.115 e. The van der Waals surface area contributed by atoms with E-state index >= 15 is 0 Å². The van der Waals surface area contributed by atoms with E-state index < -0.39 is 0 Å². The van der Waals surface area contributed by atoms with E-state index in [-0.39, 0.29) is 0 Å². The topological polar surface area (TPSA) is 32.3 Å². The Morgan fingerprint density at radius 2 is 1.61 bits per heavy atom. The zero-order valence-electron chi connectivity index (χ0n) is 9.66. The van der Waals surface area contributed by atoms with Gasteiger partial charge in [-0.05, 0) is 51.3 Å². The number of aromatic hydroxyl groups is 1. The molecule has 0 unspecified atom stereocenters. The summed E-state index contributed by atoms with van der Waals surface area (Å²) in [6.07, 6.45) is 0. The molecule has 2 aromatic carbocycles. The summed E-state index contributed by atoms with van der Waals surface area (Å²) in [6, 6.07) is 13.1. The van der Waals surface area contributed by atoms with Gasteiger partial charge in [0.1, 0.15) is 5.75 Å². The second-order valence-electron chi connectivity index (χ2n) is 4.02. The second kappa shape index (κ2) is 6.23. The molecule has 0 spiro atoms. The fourth-order valence-electron chi connectivity index (χ4n) is 1.61. The van der Waals surface area contributed by atoms with Crippen molar-refractivity contribution in [1.29, 1.82) is 0 Å². The van der Waals surface area contributed by atoms with Gasteiger partial charge in [0.15, 0.2) is 0 Å². The molecule has 0 aliphatic carbocycles. The lowest BCUT2D eigenvalue weighted by Crippen LogP contribution is -2.12. The van der Waals surface area contributed by atoms with Gasteiger partial charge in [-0.25, -0.2) is 0 Å². The van der Waals surface area contributed by atoms with Crippen LogP contribution >= 0.6 is 27.5 Å². The van der Waals surface area contributed by atoms with Gasteiger partial charge in [0.2, 0.25) is 0 Å². The summed E-state index contributed by atoms with van der Waals surface area (Å²) in [5.74, 6) is 0.292. The van der Waals surface area contributed by atoms with Crippen molar-refractivity contribution in [2.45, 2.75) is 13.1 Å². The maximum Gasteiger partial charge on any atom is 0.115 e. The molecule has 94 valence electrons. The molecule has 0 atom stereocenters. The first-order valence-corrected chi connectivity index (χ1v) is 6.75. The summed E-state index contributed by atoms with van der Waals surface area (Å²) in [7, 11) is 0.